The summed E-state index contributed by atoms with van der Waals surface area (Å²) in [6.07, 6.45) is 0.403. The zero-order chi connectivity index (χ0) is 17.4. The van der Waals surface area contributed by atoms with Crippen molar-refractivity contribution in [3.8, 4) is 0 Å². The maximum absolute atomic E-state index is 12.5. The van der Waals surface area contributed by atoms with E-state index in [-0.39, 0.29) is 33.9 Å². The fourth-order valence-corrected chi connectivity index (χ4v) is 5.17. The van der Waals surface area contributed by atoms with E-state index in [9.17, 15) is 21.6 Å². The number of hydrogen-bond acceptors (Lipinski definition) is 5. The van der Waals surface area contributed by atoms with Gasteiger partial charge in [0.05, 0.1) is 16.4 Å². The number of rotatable bonds is 4. The fourth-order valence-electron chi connectivity index (χ4n) is 2.45. The lowest BCUT2D eigenvalue weighted by molar-refractivity contribution is 0.0747. The second-order valence-electron chi connectivity index (χ2n) is 5.79. The lowest BCUT2D eigenvalue weighted by Gasteiger charge is -2.23. The molecule has 9 heteroatoms. The standard InChI is InChI=1S/C14H20N2O5S2/c1-15(2)23(20,21)13-6-4-5-11(9-13)14(17)16(3)12-7-8-22(18,19)10-12/h4-6,9,12H,7-8,10H2,1-3H3/t12-/m1/s1. The summed E-state index contributed by atoms with van der Waals surface area (Å²) in [5, 5.41) is 0. The highest BCUT2D eigenvalue weighted by Crippen LogP contribution is 2.20. The third-order valence-corrected chi connectivity index (χ3v) is 7.50. The summed E-state index contributed by atoms with van der Waals surface area (Å²) < 4.78 is 48.4. The topological polar surface area (TPSA) is 91.8 Å². The zero-order valence-electron chi connectivity index (χ0n) is 13.3. The molecule has 1 fully saturated rings. The minimum atomic E-state index is -3.63. The van der Waals surface area contributed by atoms with Crippen LogP contribution in [0.3, 0.4) is 0 Å². The number of sulfone groups is 1. The second-order valence-corrected chi connectivity index (χ2v) is 10.2. The zero-order valence-corrected chi connectivity index (χ0v) is 14.9. The van der Waals surface area contributed by atoms with Gasteiger partial charge >= 0.3 is 0 Å². The normalized spacial score (nSPS) is 20.6. The van der Waals surface area contributed by atoms with E-state index >= 15 is 0 Å². The molecule has 1 aromatic carbocycles. The van der Waals surface area contributed by atoms with Gasteiger partial charge in [-0.2, -0.15) is 0 Å². The molecule has 0 saturated carbocycles. The number of nitrogens with zero attached hydrogens (tertiary/aromatic N) is 2. The summed E-state index contributed by atoms with van der Waals surface area (Å²) in [5.74, 6) is -0.363. The van der Waals surface area contributed by atoms with Crippen LogP contribution in [0.1, 0.15) is 16.8 Å². The Bertz CT molecular complexity index is 815. The molecule has 2 rings (SSSR count). The van der Waals surface area contributed by atoms with Crippen molar-refractivity contribution in [2.24, 2.45) is 0 Å². The van der Waals surface area contributed by atoms with Crippen LogP contribution in [-0.2, 0) is 19.9 Å². The van der Waals surface area contributed by atoms with Crippen LogP contribution >= 0.6 is 0 Å². The van der Waals surface area contributed by atoms with Gasteiger partial charge in [0.15, 0.2) is 9.84 Å². The SMILES string of the molecule is CN(C(=O)c1cccc(S(=O)(=O)N(C)C)c1)[C@@H]1CCS(=O)(=O)C1. The Kier molecular flexibility index (Phi) is 4.84. The quantitative estimate of drug-likeness (QED) is 0.765. The summed E-state index contributed by atoms with van der Waals surface area (Å²) in [7, 11) is -2.35. The van der Waals surface area contributed by atoms with Crippen molar-refractivity contribution in [2.75, 3.05) is 32.6 Å². The molecule has 1 atom stereocenters. The first-order valence-corrected chi connectivity index (χ1v) is 10.3. The van der Waals surface area contributed by atoms with E-state index in [1.54, 1.807) is 7.05 Å². The van der Waals surface area contributed by atoms with Crippen molar-refractivity contribution >= 4 is 25.8 Å². The first kappa shape index (κ1) is 17.9. The van der Waals surface area contributed by atoms with E-state index in [1.807, 2.05) is 0 Å². The summed E-state index contributed by atoms with van der Waals surface area (Å²) in [4.78, 5) is 13.9. The van der Waals surface area contributed by atoms with Crippen LogP contribution in [0, 0.1) is 0 Å². The van der Waals surface area contributed by atoms with Crippen LogP contribution in [0.25, 0.3) is 0 Å². The average Bonchev–Trinajstić information content (AvgIpc) is 2.85. The van der Waals surface area contributed by atoms with Crippen LogP contribution in [-0.4, -0.2) is 70.6 Å². The molecular weight excluding hydrogens is 340 g/mol. The van der Waals surface area contributed by atoms with Crippen LogP contribution in [0.15, 0.2) is 29.2 Å². The Balaban J connectivity index is 2.27. The van der Waals surface area contributed by atoms with Crippen molar-refractivity contribution in [1.29, 1.82) is 0 Å². The van der Waals surface area contributed by atoms with Crippen LogP contribution in [0.5, 0.6) is 0 Å². The minimum Gasteiger partial charge on any atom is -0.338 e. The van der Waals surface area contributed by atoms with Gasteiger partial charge in [-0.3, -0.25) is 4.79 Å². The van der Waals surface area contributed by atoms with Crippen molar-refractivity contribution < 1.29 is 21.6 Å². The maximum atomic E-state index is 12.5. The molecule has 1 saturated heterocycles. The lowest BCUT2D eigenvalue weighted by Crippen LogP contribution is -2.37. The highest BCUT2D eigenvalue weighted by molar-refractivity contribution is 7.91. The van der Waals surface area contributed by atoms with E-state index in [1.165, 1.54) is 43.3 Å². The smallest absolute Gasteiger partial charge is 0.253 e. The molecule has 1 aliphatic rings. The minimum absolute atomic E-state index is 0.0285. The van der Waals surface area contributed by atoms with Crippen molar-refractivity contribution in [3.63, 3.8) is 0 Å². The average molecular weight is 360 g/mol. The Morgan fingerprint density at radius 3 is 2.39 bits per heavy atom. The van der Waals surface area contributed by atoms with E-state index in [2.05, 4.69) is 0 Å². The Labute approximate surface area is 136 Å². The summed E-state index contributed by atoms with van der Waals surface area (Å²) in [5.41, 5.74) is 0.222. The molecular formula is C14H20N2O5S2. The molecule has 0 spiro atoms. The van der Waals surface area contributed by atoms with Crippen molar-refractivity contribution in [1.82, 2.24) is 9.21 Å². The first-order chi connectivity index (χ1) is 10.5. The van der Waals surface area contributed by atoms with E-state index in [0.29, 0.717) is 6.42 Å². The Hall–Kier alpha value is -1.45. The number of carbonyl (C=O) groups excluding carboxylic acids is 1. The molecule has 0 radical (unpaired) electrons. The molecule has 0 aliphatic carbocycles. The van der Waals surface area contributed by atoms with Crippen LogP contribution in [0.2, 0.25) is 0 Å². The monoisotopic (exact) mass is 360 g/mol. The van der Waals surface area contributed by atoms with Gasteiger partial charge in [0, 0.05) is 32.7 Å². The van der Waals surface area contributed by atoms with E-state index in [0.717, 1.165) is 4.31 Å². The van der Waals surface area contributed by atoms with Gasteiger partial charge in [-0.15, -0.1) is 0 Å². The number of benzene rings is 1. The second kappa shape index (κ2) is 6.21. The highest BCUT2D eigenvalue weighted by atomic mass is 32.2. The van der Waals surface area contributed by atoms with Gasteiger partial charge < -0.3 is 4.90 Å². The Morgan fingerprint density at radius 1 is 1.22 bits per heavy atom. The van der Waals surface area contributed by atoms with E-state index in [4.69, 9.17) is 0 Å². The van der Waals surface area contributed by atoms with Crippen LogP contribution < -0.4 is 0 Å². The van der Waals surface area contributed by atoms with E-state index < -0.39 is 19.9 Å². The van der Waals surface area contributed by atoms with Gasteiger partial charge in [-0.05, 0) is 24.6 Å². The van der Waals surface area contributed by atoms with Gasteiger partial charge in [-0.1, -0.05) is 6.07 Å². The van der Waals surface area contributed by atoms with Gasteiger partial charge in [0.1, 0.15) is 0 Å². The molecule has 0 aromatic heterocycles. The van der Waals surface area contributed by atoms with Gasteiger partial charge in [0.2, 0.25) is 10.0 Å². The lowest BCUT2D eigenvalue weighted by atomic mass is 10.1. The van der Waals surface area contributed by atoms with Crippen LogP contribution in [0.4, 0.5) is 0 Å². The number of sulfonamides is 1. The van der Waals surface area contributed by atoms with Crippen molar-refractivity contribution in [3.05, 3.63) is 29.8 Å². The molecule has 1 amide bonds. The third kappa shape index (κ3) is 3.73. The van der Waals surface area contributed by atoms with Gasteiger partial charge in [0.25, 0.3) is 5.91 Å². The molecule has 1 aliphatic heterocycles. The molecule has 1 heterocycles. The summed E-state index contributed by atoms with van der Waals surface area (Å²) in [6.45, 7) is 0. The fraction of sp³-hybridized carbons (Fsp3) is 0.500. The number of hydrogen-bond donors (Lipinski definition) is 0. The molecule has 23 heavy (non-hydrogen) atoms. The largest absolute Gasteiger partial charge is 0.338 e. The molecule has 0 unspecified atom stereocenters. The molecule has 0 bridgehead atoms. The molecule has 1 aromatic rings. The predicted molar refractivity (Wildman–Crippen MR) is 86.5 cm³/mol. The Morgan fingerprint density at radius 2 is 1.87 bits per heavy atom. The molecule has 7 nitrogen and oxygen atoms in total. The van der Waals surface area contributed by atoms with Crippen molar-refractivity contribution in [2.45, 2.75) is 17.4 Å². The predicted octanol–water partition coefficient (Wildman–Crippen LogP) is 0.196. The summed E-state index contributed by atoms with van der Waals surface area (Å²) >= 11 is 0. The number of amides is 1. The highest BCUT2D eigenvalue weighted by Gasteiger charge is 2.33. The first-order valence-electron chi connectivity index (χ1n) is 7.05. The van der Waals surface area contributed by atoms with Gasteiger partial charge in [-0.25, -0.2) is 21.1 Å². The number of carbonyl (C=O) groups is 1. The maximum Gasteiger partial charge on any atom is 0.253 e. The molecule has 128 valence electrons. The third-order valence-electron chi connectivity index (χ3n) is 3.94. The summed E-state index contributed by atoms with van der Waals surface area (Å²) in [6, 6.07) is 5.39. The molecule has 0 N–H and O–H groups in total.